The van der Waals surface area contributed by atoms with E-state index in [1.807, 2.05) is 7.05 Å². The van der Waals surface area contributed by atoms with Crippen molar-refractivity contribution in [2.24, 2.45) is 0 Å². The minimum Gasteiger partial charge on any atom is -0.316 e. The molecule has 21 heavy (non-hydrogen) atoms. The molecule has 0 saturated carbocycles. The number of aromatic nitrogens is 2. The smallest absolute Gasteiger partial charge is 0.0640 e. The molecule has 0 aliphatic heterocycles. The first kappa shape index (κ1) is 16.2. The molecule has 0 amide bonds. The molecular formula is C17H24BrN3. The second-order valence-corrected chi connectivity index (χ2v) is 6.38. The Kier molecular flexibility index (Phi) is 6.00. The van der Waals surface area contributed by atoms with E-state index < -0.39 is 0 Å². The summed E-state index contributed by atoms with van der Waals surface area (Å²) in [5.41, 5.74) is 2.49. The van der Waals surface area contributed by atoms with E-state index in [-0.39, 0.29) is 0 Å². The predicted molar refractivity (Wildman–Crippen MR) is 91.6 cm³/mol. The average molecular weight is 350 g/mol. The van der Waals surface area contributed by atoms with Gasteiger partial charge in [-0.25, -0.2) is 0 Å². The Hall–Kier alpha value is -1.13. The molecule has 114 valence electrons. The van der Waals surface area contributed by atoms with Gasteiger partial charge >= 0.3 is 0 Å². The average Bonchev–Trinajstić information content (AvgIpc) is 2.96. The van der Waals surface area contributed by atoms with Crippen LogP contribution >= 0.6 is 15.9 Å². The number of hydrogen-bond donors (Lipinski definition) is 1. The van der Waals surface area contributed by atoms with Gasteiger partial charge in [-0.3, -0.25) is 4.68 Å². The number of hydrogen-bond acceptors (Lipinski definition) is 2. The number of nitrogens with zero attached hydrogens (tertiary/aromatic N) is 2. The lowest BCUT2D eigenvalue weighted by Gasteiger charge is -2.16. The van der Waals surface area contributed by atoms with Crippen molar-refractivity contribution in [3.8, 4) is 0 Å². The molecule has 2 atom stereocenters. The fourth-order valence-electron chi connectivity index (χ4n) is 2.38. The van der Waals surface area contributed by atoms with Gasteiger partial charge in [0.05, 0.1) is 5.69 Å². The molecule has 0 bridgehead atoms. The summed E-state index contributed by atoms with van der Waals surface area (Å²) in [6.45, 7) is 4.39. The third-order valence-corrected chi connectivity index (χ3v) is 4.77. The maximum atomic E-state index is 4.70. The van der Waals surface area contributed by atoms with E-state index in [1.165, 1.54) is 10.0 Å². The molecule has 0 spiro atoms. The number of halogens is 1. The fourth-order valence-corrected chi connectivity index (χ4v) is 2.82. The minimum atomic E-state index is 0.393. The van der Waals surface area contributed by atoms with E-state index in [0.717, 1.165) is 25.0 Å². The van der Waals surface area contributed by atoms with E-state index in [9.17, 15) is 0 Å². The second kappa shape index (κ2) is 7.76. The van der Waals surface area contributed by atoms with Crippen LogP contribution in [0.3, 0.4) is 0 Å². The van der Waals surface area contributed by atoms with Crippen molar-refractivity contribution in [3.63, 3.8) is 0 Å². The van der Waals surface area contributed by atoms with Crippen molar-refractivity contribution in [2.45, 2.75) is 45.2 Å². The van der Waals surface area contributed by atoms with Crippen molar-refractivity contribution in [1.82, 2.24) is 15.1 Å². The summed E-state index contributed by atoms with van der Waals surface area (Å²) in [7, 11) is 2.02. The SMILES string of the molecule is CCC(C)n1ccc(CC(Cc2ccccc2Br)NC)n1. The van der Waals surface area contributed by atoms with Gasteiger partial charge in [-0.2, -0.15) is 5.10 Å². The summed E-state index contributed by atoms with van der Waals surface area (Å²) >= 11 is 3.62. The molecule has 2 unspecified atom stereocenters. The number of benzene rings is 1. The van der Waals surface area contributed by atoms with E-state index >= 15 is 0 Å². The quantitative estimate of drug-likeness (QED) is 0.818. The van der Waals surface area contributed by atoms with E-state index in [1.54, 1.807) is 0 Å². The summed E-state index contributed by atoms with van der Waals surface area (Å²) in [6.07, 6.45) is 5.14. The van der Waals surface area contributed by atoms with Crippen LogP contribution in [0.15, 0.2) is 41.0 Å². The van der Waals surface area contributed by atoms with Crippen molar-refractivity contribution >= 4 is 15.9 Å². The van der Waals surface area contributed by atoms with Crippen LogP contribution in [0.5, 0.6) is 0 Å². The molecule has 1 aromatic heterocycles. The molecule has 1 N–H and O–H groups in total. The molecule has 0 aliphatic rings. The van der Waals surface area contributed by atoms with Gasteiger partial charge in [-0.1, -0.05) is 41.1 Å². The first-order chi connectivity index (χ1) is 10.1. The summed E-state index contributed by atoms with van der Waals surface area (Å²) in [4.78, 5) is 0. The van der Waals surface area contributed by atoms with Crippen LogP contribution in [-0.4, -0.2) is 22.9 Å². The molecule has 0 radical (unpaired) electrons. The van der Waals surface area contributed by atoms with Crippen molar-refractivity contribution < 1.29 is 0 Å². The first-order valence-corrected chi connectivity index (χ1v) is 8.38. The topological polar surface area (TPSA) is 29.9 Å². The van der Waals surface area contributed by atoms with Crippen molar-refractivity contribution in [2.75, 3.05) is 7.05 Å². The molecule has 3 nitrogen and oxygen atoms in total. The Bertz CT molecular complexity index is 565. The Morgan fingerprint density at radius 1 is 1.24 bits per heavy atom. The number of nitrogens with one attached hydrogen (secondary N) is 1. The molecule has 2 rings (SSSR count). The molecule has 1 aromatic carbocycles. The molecular weight excluding hydrogens is 326 g/mol. The maximum Gasteiger partial charge on any atom is 0.0640 e. The Morgan fingerprint density at radius 3 is 2.67 bits per heavy atom. The van der Waals surface area contributed by atoms with Crippen molar-refractivity contribution in [1.29, 1.82) is 0 Å². The predicted octanol–water partition coefficient (Wildman–Crippen LogP) is 3.99. The molecule has 2 aromatic rings. The molecule has 0 saturated heterocycles. The highest BCUT2D eigenvalue weighted by Crippen LogP contribution is 2.19. The molecule has 0 aliphatic carbocycles. The van der Waals surface area contributed by atoms with Gasteiger partial charge < -0.3 is 5.32 Å². The van der Waals surface area contributed by atoms with Crippen LogP contribution < -0.4 is 5.32 Å². The number of likely N-dealkylation sites (N-methyl/N-ethyl adjacent to an activating group) is 1. The number of rotatable bonds is 7. The van der Waals surface area contributed by atoms with Crippen LogP contribution in [0.1, 0.15) is 37.6 Å². The van der Waals surface area contributed by atoms with Crippen LogP contribution in [0.2, 0.25) is 0 Å². The van der Waals surface area contributed by atoms with Crippen LogP contribution in [0, 0.1) is 0 Å². The highest BCUT2D eigenvalue weighted by Gasteiger charge is 2.13. The monoisotopic (exact) mass is 349 g/mol. The lowest BCUT2D eigenvalue weighted by Crippen LogP contribution is -2.30. The van der Waals surface area contributed by atoms with Crippen molar-refractivity contribution in [3.05, 3.63) is 52.3 Å². The van der Waals surface area contributed by atoms with Gasteiger partial charge in [0.15, 0.2) is 0 Å². The third kappa shape index (κ3) is 4.42. The Morgan fingerprint density at radius 2 is 2.00 bits per heavy atom. The zero-order valence-corrected chi connectivity index (χ0v) is 14.6. The lowest BCUT2D eigenvalue weighted by atomic mass is 10.0. The van der Waals surface area contributed by atoms with Gasteiger partial charge in [0.1, 0.15) is 0 Å². The third-order valence-electron chi connectivity index (χ3n) is 3.99. The molecule has 0 fully saturated rings. The fraction of sp³-hybridized carbons (Fsp3) is 0.471. The molecule has 4 heteroatoms. The zero-order valence-electron chi connectivity index (χ0n) is 13.0. The maximum absolute atomic E-state index is 4.70. The van der Waals surface area contributed by atoms with Gasteiger partial charge in [-0.15, -0.1) is 0 Å². The lowest BCUT2D eigenvalue weighted by molar-refractivity contribution is 0.467. The van der Waals surface area contributed by atoms with Gasteiger partial charge in [0, 0.05) is 29.2 Å². The van der Waals surface area contributed by atoms with E-state index in [4.69, 9.17) is 5.10 Å². The summed E-state index contributed by atoms with van der Waals surface area (Å²) in [5.74, 6) is 0. The minimum absolute atomic E-state index is 0.393. The summed E-state index contributed by atoms with van der Waals surface area (Å²) in [6, 6.07) is 11.4. The summed E-state index contributed by atoms with van der Waals surface area (Å²) < 4.78 is 3.25. The Labute approximate surface area is 135 Å². The van der Waals surface area contributed by atoms with Gasteiger partial charge in [0.25, 0.3) is 0 Å². The van der Waals surface area contributed by atoms with Crippen LogP contribution in [0.25, 0.3) is 0 Å². The summed E-state index contributed by atoms with van der Waals surface area (Å²) in [5, 5.41) is 8.11. The zero-order chi connectivity index (χ0) is 15.2. The van der Waals surface area contributed by atoms with E-state index in [0.29, 0.717) is 12.1 Å². The van der Waals surface area contributed by atoms with Crippen LogP contribution in [-0.2, 0) is 12.8 Å². The second-order valence-electron chi connectivity index (χ2n) is 5.53. The van der Waals surface area contributed by atoms with Crippen LogP contribution in [0.4, 0.5) is 0 Å². The standard InChI is InChI=1S/C17H24BrN3/c1-4-13(2)21-10-9-15(20-21)12-16(19-3)11-14-7-5-6-8-17(14)18/h5-10,13,16,19H,4,11-12H2,1-3H3. The normalized spacial score (nSPS) is 14.1. The van der Waals surface area contributed by atoms with E-state index in [2.05, 4.69) is 76.3 Å². The largest absolute Gasteiger partial charge is 0.316 e. The van der Waals surface area contributed by atoms with Gasteiger partial charge in [0.2, 0.25) is 0 Å². The Balaban J connectivity index is 2.02. The highest BCUT2D eigenvalue weighted by molar-refractivity contribution is 9.10. The first-order valence-electron chi connectivity index (χ1n) is 7.58. The highest BCUT2D eigenvalue weighted by atomic mass is 79.9. The van der Waals surface area contributed by atoms with Gasteiger partial charge in [-0.05, 0) is 44.5 Å². The molecule has 1 heterocycles.